The Morgan fingerprint density at radius 1 is 0.506 bits per heavy atom. The molecule has 0 fully saturated rings. The molecule has 0 aliphatic heterocycles. The second-order valence-corrected chi connectivity index (χ2v) is 18.6. The monoisotopic (exact) mass is 1150 g/mol. The van der Waals surface area contributed by atoms with Gasteiger partial charge in [-0.3, -0.25) is 48.2 Å². The first-order valence-electron chi connectivity index (χ1n) is 24.7. The molecule has 2 aromatic rings. The fourth-order valence-corrected chi connectivity index (χ4v) is 7.82. The molecule has 77 heavy (non-hydrogen) atoms. The van der Waals surface area contributed by atoms with Crippen LogP contribution in [0.25, 0.3) is 0 Å². The van der Waals surface area contributed by atoms with Gasteiger partial charge in [-0.2, -0.15) is 0 Å². The van der Waals surface area contributed by atoms with E-state index in [-0.39, 0.29) is 122 Å². The van der Waals surface area contributed by atoms with Crippen LogP contribution >= 0.6 is 15.9 Å². The normalized spacial score (nSPS) is 12.2. The topological polar surface area (TPSA) is 411 Å². The van der Waals surface area contributed by atoms with Gasteiger partial charge in [0.15, 0.2) is 0 Å². The summed E-state index contributed by atoms with van der Waals surface area (Å²) in [6.45, 7) is 0.184. The van der Waals surface area contributed by atoms with Crippen LogP contribution in [-0.4, -0.2) is 206 Å². The van der Waals surface area contributed by atoms with E-state index in [0.717, 1.165) is 10.0 Å². The third-order valence-corrected chi connectivity index (χ3v) is 12.1. The maximum absolute atomic E-state index is 13.8. The van der Waals surface area contributed by atoms with Gasteiger partial charge in [0, 0.05) is 94.7 Å². The fraction of sp³-hybridized carbons (Fsp3) is 0.531. The van der Waals surface area contributed by atoms with Crippen molar-refractivity contribution in [2.45, 2.75) is 95.4 Å². The number of benzene rings is 2. The van der Waals surface area contributed by atoms with Gasteiger partial charge in [-0.1, -0.05) is 40.2 Å². The third kappa shape index (κ3) is 29.6. The lowest BCUT2D eigenvalue weighted by atomic mass is 10.1. The van der Waals surface area contributed by atoms with E-state index in [4.69, 9.17) is 15.3 Å². The van der Waals surface area contributed by atoms with Crippen LogP contribution in [0.15, 0.2) is 53.0 Å². The number of unbranched alkanes of at least 4 members (excludes halogenated alkanes) is 2. The number of nitrogens with zero attached hydrogens (tertiary/aromatic N) is 3. The van der Waals surface area contributed by atoms with Crippen molar-refractivity contribution >= 4 is 81.5 Å². The van der Waals surface area contributed by atoms with Crippen LogP contribution in [-0.2, 0) is 56.2 Å². The van der Waals surface area contributed by atoms with Crippen LogP contribution in [0.4, 0.5) is 4.79 Å². The molecular formula is C49H70BrN9O18. The van der Waals surface area contributed by atoms with Gasteiger partial charge >= 0.3 is 47.8 Å². The van der Waals surface area contributed by atoms with Crippen molar-refractivity contribution in [2.24, 2.45) is 0 Å². The molecule has 0 aromatic heterocycles. The molecule has 5 amide bonds. The van der Waals surface area contributed by atoms with E-state index in [2.05, 4.69) is 47.8 Å². The van der Waals surface area contributed by atoms with E-state index in [1.54, 1.807) is 29.2 Å². The van der Waals surface area contributed by atoms with Gasteiger partial charge < -0.3 is 72.5 Å². The zero-order chi connectivity index (χ0) is 57.3. The predicted octanol–water partition coefficient (Wildman–Crippen LogP) is 0.505. The summed E-state index contributed by atoms with van der Waals surface area (Å²) >= 11 is 3.39. The van der Waals surface area contributed by atoms with Crippen molar-refractivity contribution < 1.29 is 88.5 Å². The van der Waals surface area contributed by atoms with Crippen LogP contribution in [0.1, 0.15) is 85.7 Å². The molecule has 1 unspecified atom stereocenters. The minimum absolute atomic E-state index is 0.0391. The first kappa shape index (κ1) is 65.8. The molecule has 27 nitrogen and oxygen atoms in total. The molecule has 0 bridgehead atoms. The zero-order valence-corrected chi connectivity index (χ0v) is 44.0. The molecule has 2 aromatic carbocycles. The van der Waals surface area contributed by atoms with Crippen molar-refractivity contribution in [3.63, 3.8) is 0 Å². The summed E-state index contributed by atoms with van der Waals surface area (Å²) in [5, 5.41) is 80.4. The average Bonchev–Trinajstić information content (AvgIpc) is 3.36. The number of carbonyl (C=O) groups excluding carboxylic acids is 4. The van der Waals surface area contributed by atoms with Crippen LogP contribution in [0.5, 0.6) is 0 Å². The SMILES string of the molecule is O=C(O)CC[C@@H](NC(=O)N[C@H](CCCCN(Cc1ccc(Br)cc1)C(=O)c1ccc(CNC(=O)CCCCNC(=O)CCC(C(=O)O)N(CCNCC(=O)O)CCN(CCNCC(=O)O)CC(=O)O)cc1)C(=O)O)C(=O)O. The van der Waals surface area contributed by atoms with Gasteiger partial charge in [-0.15, -0.1) is 0 Å². The summed E-state index contributed by atoms with van der Waals surface area (Å²) in [6.07, 6.45) is 0.228. The third-order valence-electron chi connectivity index (χ3n) is 11.6. The van der Waals surface area contributed by atoms with Crippen LogP contribution in [0.3, 0.4) is 0 Å². The highest BCUT2D eigenvalue weighted by Gasteiger charge is 2.28. The predicted molar refractivity (Wildman–Crippen MR) is 277 cm³/mol. The van der Waals surface area contributed by atoms with Crippen LogP contribution in [0.2, 0.25) is 0 Å². The Bertz CT molecular complexity index is 2270. The highest BCUT2D eigenvalue weighted by Crippen LogP contribution is 2.17. The number of amides is 5. The number of aliphatic carboxylic acids is 7. The van der Waals surface area contributed by atoms with Gasteiger partial charge in [0.2, 0.25) is 11.8 Å². The summed E-state index contributed by atoms with van der Waals surface area (Å²) in [7, 11) is 0. The average molecular weight is 1150 g/mol. The lowest BCUT2D eigenvalue weighted by Crippen LogP contribution is -2.51. The molecule has 0 saturated carbocycles. The van der Waals surface area contributed by atoms with Crippen molar-refractivity contribution in [3.8, 4) is 0 Å². The van der Waals surface area contributed by atoms with Crippen LogP contribution < -0.4 is 31.9 Å². The summed E-state index contributed by atoms with van der Waals surface area (Å²) in [5.41, 5.74) is 1.86. The number of carbonyl (C=O) groups is 11. The number of halogens is 1. The summed E-state index contributed by atoms with van der Waals surface area (Å²) in [6, 6.07) is 8.69. The molecule has 13 N–H and O–H groups in total. The maximum atomic E-state index is 13.8. The van der Waals surface area contributed by atoms with Crippen LogP contribution in [0, 0.1) is 0 Å². The molecule has 0 radical (unpaired) electrons. The molecule has 0 heterocycles. The molecule has 0 spiro atoms. The molecule has 3 atom stereocenters. The van der Waals surface area contributed by atoms with Gasteiger partial charge in [-0.25, -0.2) is 14.4 Å². The Balaban J connectivity index is 1.90. The number of nitrogens with one attached hydrogen (secondary N) is 6. The fourth-order valence-electron chi connectivity index (χ4n) is 7.55. The van der Waals surface area contributed by atoms with E-state index in [0.29, 0.717) is 30.4 Å². The quantitative estimate of drug-likeness (QED) is 0.0403. The van der Waals surface area contributed by atoms with Crippen molar-refractivity contribution in [2.75, 3.05) is 72.0 Å². The smallest absolute Gasteiger partial charge is 0.326 e. The number of urea groups is 1. The molecule has 0 aliphatic carbocycles. The molecule has 0 aliphatic rings. The Labute approximate surface area is 452 Å². The van der Waals surface area contributed by atoms with Crippen molar-refractivity contribution in [3.05, 3.63) is 69.7 Å². The standard InChI is InChI=1S/C49H70BrN9O18/c50-35-13-9-33(10-14-35)30-59(22-4-2-5-36(46(71)72)55-49(77)56-37(47(73)74)15-18-41(62)63)45(70)34-11-7-32(8-12-34)27-54-39(60)6-1-3-19-53-40(61)17-16-38(48(75)76)58(24-21-52-29-43(66)67)26-25-57(31-44(68)69)23-20-51-28-42(64)65/h7-14,36-38,51-52H,1-6,15-31H2,(H,53,61)(H,54,60)(H,62,63)(H,64,65)(H,66,67)(H,68,69)(H,71,72)(H,73,74)(H,75,76)(H2,55,56,77)/t36-,37-,38?/m1/s1. The number of hydrogen-bond donors (Lipinski definition) is 13. The number of carboxylic acids is 7. The number of carboxylic acid groups (broad SMARTS) is 7. The van der Waals surface area contributed by atoms with E-state index < -0.39 is 91.2 Å². The minimum atomic E-state index is -1.55. The Hall–Kier alpha value is -7.27. The van der Waals surface area contributed by atoms with Gasteiger partial charge in [0.1, 0.15) is 18.1 Å². The van der Waals surface area contributed by atoms with Gasteiger partial charge in [-0.05, 0) is 80.3 Å². The maximum Gasteiger partial charge on any atom is 0.326 e. The van der Waals surface area contributed by atoms with E-state index in [1.165, 1.54) is 9.80 Å². The highest BCUT2D eigenvalue weighted by molar-refractivity contribution is 9.10. The summed E-state index contributed by atoms with van der Waals surface area (Å²) in [4.78, 5) is 136. The number of hydrogen-bond acceptors (Lipinski definition) is 15. The zero-order valence-electron chi connectivity index (χ0n) is 42.5. The molecule has 2 rings (SSSR count). The molecule has 426 valence electrons. The lowest BCUT2D eigenvalue weighted by Gasteiger charge is -2.31. The molecule has 0 saturated heterocycles. The summed E-state index contributed by atoms with van der Waals surface area (Å²) < 4.78 is 0.830. The number of rotatable bonds is 42. The van der Waals surface area contributed by atoms with Crippen molar-refractivity contribution in [1.82, 2.24) is 46.6 Å². The largest absolute Gasteiger partial charge is 0.481 e. The van der Waals surface area contributed by atoms with Crippen molar-refractivity contribution in [1.29, 1.82) is 0 Å². The second kappa shape index (κ2) is 36.7. The summed E-state index contributed by atoms with van der Waals surface area (Å²) in [5.74, 6) is -9.77. The van der Waals surface area contributed by atoms with E-state index in [1.807, 2.05) is 24.3 Å². The van der Waals surface area contributed by atoms with Gasteiger partial charge in [0.05, 0.1) is 19.6 Å². The second-order valence-electron chi connectivity index (χ2n) is 17.7. The molecule has 28 heteroatoms. The first-order valence-corrected chi connectivity index (χ1v) is 25.5. The Morgan fingerprint density at radius 3 is 1.66 bits per heavy atom. The highest BCUT2D eigenvalue weighted by atomic mass is 79.9. The van der Waals surface area contributed by atoms with E-state index in [9.17, 15) is 73.2 Å². The minimum Gasteiger partial charge on any atom is -0.481 e. The lowest BCUT2D eigenvalue weighted by molar-refractivity contribution is -0.145. The first-order chi connectivity index (χ1) is 36.5. The Morgan fingerprint density at radius 2 is 1.09 bits per heavy atom. The molecular weight excluding hydrogens is 1080 g/mol. The Kier molecular flexibility index (Phi) is 31.4. The van der Waals surface area contributed by atoms with E-state index >= 15 is 0 Å². The van der Waals surface area contributed by atoms with Gasteiger partial charge in [0.25, 0.3) is 5.91 Å².